The second-order valence-corrected chi connectivity index (χ2v) is 11.6. The van der Waals surface area contributed by atoms with Crippen molar-refractivity contribution in [1.29, 1.82) is 0 Å². The first-order valence-corrected chi connectivity index (χ1v) is 15.7. The third-order valence-corrected chi connectivity index (χ3v) is 8.75. The summed E-state index contributed by atoms with van der Waals surface area (Å²) in [7, 11) is 0. The van der Waals surface area contributed by atoms with Gasteiger partial charge in [-0.05, 0) is 34.0 Å². The molecular weight excluding hydrogens is 574 g/mol. The van der Waals surface area contributed by atoms with Gasteiger partial charge in [0.25, 0.3) is 0 Å². The summed E-state index contributed by atoms with van der Waals surface area (Å²) >= 11 is 0. The van der Waals surface area contributed by atoms with Crippen molar-refractivity contribution in [1.82, 2.24) is 15.0 Å². The maximum Gasteiger partial charge on any atom is 0.164 e. The molecule has 0 saturated carbocycles. The summed E-state index contributed by atoms with van der Waals surface area (Å²) in [6.07, 6.45) is 0. The molecule has 0 aliphatic rings. The summed E-state index contributed by atoms with van der Waals surface area (Å²) in [5, 5.41) is 4.40. The molecule has 0 saturated heterocycles. The molecule has 0 fully saturated rings. The fourth-order valence-electron chi connectivity index (χ4n) is 6.53. The van der Waals surface area contributed by atoms with Crippen molar-refractivity contribution in [3.63, 3.8) is 0 Å². The Labute approximate surface area is 271 Å². The number of furan rings is 1. The van der Waals surface area contributed by atoms with Gasteiger partial charge in [0.05, 0.1) is 0 Å². The molecule has 0 aliphatic heterocycles. The summed E-state index contributed by atoms with van der Waals surface area (Å²) in [5.41, 5.74) is 8.59. The number of aromatic nitrogens is 3. The molecular formula is C43H27N3O. The molecule has 0 radical (unpaired) electrons. The Kier molecular flexibility index (Phi) is 6.43. The van der Waals surface area contributed by atoms with Gasteiger partial charge in [-0.2, -0.15) is 0 Å². The molecule has 220 valence electrons. The summed E-state index contributed by atoms with van der Waals surface area (Å²) in [5.74, 6) is 1.83. The molecule has 0 unspecified atom stereocenters. The van der Waals surface area contributed by atoms with E-state index in [2.05, 4.69) is 97.1 Å². The topological polar surface area (TPSA) is 51.8 Å². The lowest BCUT2D eigenvalue weighted by Gasteiger charge is -2.14. The van der Waals surface area contributed by atoms with Crippen LogP contribution in [-0.2, 0) is 0 Å². The minimum atomic E-state index is 0.589. The van der Waals surface area contributed by atoms with E-state index in [4.69, 9.17) is 19.4 Å². The highest BCUT2D eigenvalue weighted by molar-refractivity contribution is 6.17. The summed E-state index contributed by atoms with van der Waals surface area (Å²) < 4.78 is 6.99. The third-order valence-electron chi connectivity index (χ3n) is 8.75. The molecule has 2 aromatic heterocycles. The molecule has 7 aromatic carbocycles. The maximum atomic E-state index is 6.99. The van der Waals surface area contributed by atoms with Crippen LogP contribution in [-0.4, -0.2) is 15.0 Å². The number of rotatable bonds is 5. The Balaban J connectivity index is 1.39. The third kappa shape index (κ3) is 4.66. The summed E-state index contributed by atoms with van der Waals surface area (Å²) in [4.78, 5) is 15.2. The van der Waals surface area contributed by atoms with Crippen molar-refractivity contribution < 1.29 is 4.42 Å². The van der Waals surface area contributed by atoms with Gasteiger partial charge >= 0.3 is 0 Å². The molecule has 0 aliphatic carbocycles. The minimum absolute atomic E-state index is 0.589. The number of para-hydroxylation sites is 1. The molecule has 4 nitrogen and oxygen atoms in total. The van der Waals surface area contributed by atoms with Crippen LogP contribution < -0.4 is 0 Å². The van der Waals surface area contributed by atoms with E-state index in [1.54, 1.807) is 0 Å². The van der Waals surface area contributed by atoms with E-state index >= 15 is 0 Å². The molecule has 0 bridgehead atoms. The molecule has 9 rings (SSSR count). The van der Waals surface area contributed by atoms with Gasteiger partial charge in [-0.1, -0.05) is 152 Å². The molecule has 4 heteroatoms. The maximum absolute atomic E-state index is 6.99. The Morgan fingerprint density at radius 2 is 0.830 bits per heavy atom. The van der Waals surface area contributed by atoms with Crippen LogP contribution in [0.5, 0.6) is 0 Å². The molecule has 0 N–H and O–H groups in total. The van der Waals surface area contributed by atoms with Crippen molar-refractivity contribution >= 4 is 32.7 Å². The van der Waals surface area contributed by atoms with Gasteiger partial charge in [-0.15, -0.1) is 0 Å². The zero-order chi connectivity index (χ0) is 31.2. The lowest BCUT2D eigenvalue weighted by Crippen LogP contribution is -2.01. The van der Waals surface area contributed by atoms with Gasteiger partial charge in [-0.3, -0.25) is 0 Å². The van der Waals surface area contributed by atoms with E-state index in [1.807, 2.05) is 66.7 Å². The van der Waals surface area contributed by atoms with Crippen molar-refractivity contribution in [2.45, 2.75) is 0 Å². The first-order chi connectivity index (χ1) is 23.3. The Morgan fingerprint density at radius 1 is 0.319 bits per heavy atom. The van der Waals surface area contributed by atoms with E-state index in [0.29, 0.717) is 17.5 Å². The molecule has 0 amide bonds. The van der Waals surface area contributed by atoms with E-state index < -0.39 is 0 Å². The zero-order valence-electron chi connectivity index (χ0n) is 25.3. The minimum Gasteiger partial charge on any atom is -0.455 e. The standard InChI is InChI=1S/C43H27N3O/c1-4-14-29(15-5-1)33-23-13-25-35-36-26-27-37(38(40(36)47-39(33)35)34-24-12-21-28-16-10-11-22-32(28)34)43-45-41(30-17-6-2-7-18-30)44-42(46-43)31-19-8-3-9-20-31/h1-27H. The Bertz CT molecular complexity index is 2490. The van der Waals surface area contributed by atoms with Gasteiger partial charge in [0, 0.05) is 38.6 Å². The van der Waals surface area contributed by atoms with Crippen LogP contribution in [0.4, 0.5) is 0 Å². The lowest BCUT2D eigenvalue weighted by atomic mass is 9.92. The van der Waals surface area contributed by atoms with Crippen molar-refractivity contribution in [2.24, 2.45) is 0 Å². The highest BCUT2D eigenvalue weighted by atomic mass is 16.3. The lowest BCUT2D eigenvalue weighted by molar-refractivity contribution is 0.671. The van der Waals surface area contributed by atoms with Crippen LogP contribution >= 0.6 is 0 Å². The predicted octanol–water partition coefficient (Wildman–Crippen LogP) is 11.3. The fourth-order valence-corrected chi connectivity index (χ4v) is 6.53. The first kappa shape index (κ1) is 27.0. The molecule has 2 heterocycles. The van der Waals surface area contributed by atoms with Crippen LogP contribution in [0, 0.1) is 0 Å². The largest absolute Gasteiger partial charge is 0.455 e. The number of nitrogens with zero attached hydrogens (tertiary/aromatic N) is 3. The molecule has 0 atom stereocenters. The normalized spacial score (nSPS) is 11.4. The van der Waals surface area contributed by atoms with E-state index in [1.165, 1.54) is 0 Å². The van der Waals surface area contributed by atoms with Crippen molar-refractivity contribution in [3.8, 4) is 56.4 Å². The average Bonchev–Trinajstić information content (AvgIpc) is 3.54. The monoisotopic (exact) mass is 601 g/mol. The Morgan fingerprint density at radius 3 is 1.53 bits per heavy atom. The molecule has 47 heavy (non-hydrogen) atoms. The second-order valence-electron chi connectivity index (χ2n) is 11.6. The van der Waals surface area contributed by atoms with Crippen LogP contribution in [0.1, 0.15) is 0 Å². The number of hydrogen-bond donors (Lipinski definition) is 0. The van der Waals surface area contributed by atoms with Crippen LogP contribution in [0.3, 0.4) is 0 Å². The average molecular weight is 602 g/mol. The van der Waals surface area contributed by atoms with E-state index in [-0.39, 0.29) is 0 Å². The van der Waals surface area contributed by atoms with Crippen molar-refractivity contribution in [2.75, 3.05) is 0 Å². The highest BCUT2D eigenvalue weighted by Crippen LogP contribution is 2.45. The molecule has 0 spiro atoms. The quantitative estimate of drug-likeness (QED) is 0.197. The van der Waals surface area contributed by atoms with Crippen LogP contribution in [0.25, 0.3) is 89.1 Å². The Hall–Kier alpha value is -6.39. The molecule has 9 aromatic rings. The number of hydrogen-bond acceptors (Lipinski definition) is 4. The fraction of sp³-hybridized carbons (Fsp3) is 0. The smallest absolute Gasteiger partial charge is 0.164 e. The first-order valence-electron chi connectivity index (χ1n) is 15.7. The highest BCUT2D eigenvalue weighted by Gasteiger charge is 2.23. The van der Waals surface area contributed by atoms with Gasteiger partial charge in [0.2, 0.25) is 0 Å². The van der Waals surface area contributed by atoms with E-state index in [9.17, 15) is 0 Å². The van der Waals surface area contributed by atoms with Gasteiger partial charge in [0.1, 0.15) is 11.2 Å². The van der Waals surface area contributed by atoms with Crippen LogP contribution in [0.15, 0.2) is 168 Å². The van der Waals surface area contributed by atoms with Gasteiger partial charge in [-0.25, -0.2) is 15.0 Å². The van der Waals surface area contributed by atoms with Gasteiger partial charge < -0.3 is 4.42 Å². The second kappa shape index (κ2) is 11.2. The predicted molar refractivity (Wildman–Crippen MR) is 192 cm³/mol. The summed E-state index contributed by atoms with van der Waals surface area (Å²) in [6, 6.07) is 56.1. The zero-order valence-corrected chi connectivity index (χ0v) is 25.3. The summed E-state index contributed by atoms with van der Waals surface area (Å²) in [6.45, 7) is 0. The number of fused-ring (bicyclic) bond motifs is 4. The SMILES string of the molecule is c1ccc(-c2nc(-c3ccccc3)nc(-c3ccc4c(oc5c(-c6ccccc6)cccc54)c3-c3cccc4ccccc34)n2)cc1. The number of benzene rings is 7. The van der Waals surface area contributed by atoms with Crippen LogP contribution in [0.2, 0.25) is 0 Å². The van der Waals surface area contributed by atoms with Crippen molar-refractivity contribution in [3.05, 3.63) is 164 Å². The van der Waals surface area contributed by atoms with E-state index in [0.717, 1.165) is 71.7 Å². The van der Waals surface area contributed by atoms with Gasteiger partial charge in [0.15, 0.2) is 17.5 Å².